The minimum Gasteiger partial charge on any atom is -0.444 e. The normalized spacial score (nSPS) is 4.91. The van der Waals surface area contributed by atoms with Crippen molar-refractivity contribution < 1.29 is 20.4 Å². The standard InChI is InChI=1S/C2H8N2.2HNO2.Pd/c3-1-2-4;2*2-1-3;/h1-4H2;2*(H,2,3);/p-2. The topological polar surface area (TPSA) is 157 Å². The molecule has 0 aromatic rings. The van der Waals surface area contributed by atoms with Crippen molar-refractivity contribution in [2.75, 3.05) is 13.1 Å². The molecule has 0 atom stereocenters. The van der Waals surface area contributed by atoms with E-state index in [1.807, 2.05) is 0 Å². The number of nitrogens with zero attached hydrogens (tertiary/aromatic N) is 2. The average molecular weight is 259 g/mol. The molecule has 0 aromatic carbocycles. The van der Waals surface area contributed by atoms with Crippen LogP contribution in [0.3, 0.4) is 0 Å². The first-order valence-electron chi connectivity index (χ1n) is 2.05. The molecule has 0 aliphatic heterocycles. The van der Waals surface area contributed by atoms with E-state index in [9.17, 15) is 0 Å². The Morgan fingerprint density at radius 3 is 1.09 bits per heavy atom. The van der Waals surface area contributed by atoms with Crippen LogP contribution in [0.1, 0.15) is 0 Å². The van der Waals surface area contributed by atoms with Gasteiger partial charge in [0.05, 0.1) is 0 Å². The van der Waals surface area contributed by atoms with Crippen molar-refractivity contribution in [1.29, 1.82) is 0 Å². The molecule has 0 aliphatic carbocycles. The summed E-state index contributed by atoms with van der Waals surface area (Å²) in [6.07, 6.45) is 0. The van der Waals surface area contributed by atoms with Gasteiger partial charge in [0.2, 0.25) is 0 Å². The van der Waals surface area contributed by atoms with Gasteiger partial charge in [-0.05, 0) is 0 Å². The van der Waals surface area contributed by atoms with Crippen LogP contribution in [-0.2, 0) is 20.4 Å². The first-order chi connectivity index (χ1) is 4.74. The van der Waals surface area contributed by atoms with Gasteiger partial charge >= 0.3 is 0 Å². The SMILES string of the molecule is NCCN.O=N[O-].O=N[O-].[Pd]. The summed E-state index contributed by atoms with van der Waals surface area (Å²) in [4.78, 5) is 16.0. The maximum absolute atomic E-state index is 8.00. The van der Waals surface area contributed by atoms with E-state index in [1.165, 1.54) is 0 Å². The Balaban J connectivity index is -0.0000000325. The fraction of sp³-hybridized carbons (Fsp3) is 1.00. The summed E-state index contributed by atoms with van der Waals surface area (Å²) in [6.45, 7) is 1.19. The molecule has 0 saturated carbocycles. The number of rotatable bonds is 1. The summed E-state index contributed by atoms with van der Waals surface area (Å²) < 4.78 is 0. The van der Waals surface area contributed by atoms with E-state index in [2.05, 4.69) is 0 Å². The first kappa shape index (κ1) is 22.4. The van der Waals surface area contributed by atoms with Gasteiger partial charge in [0.25, 0.3) is 0 Å². The molecule has 0 saturated heterocycles. The molecule has 0 heterocycles. The van der Waals surface area contributed by atoms with Crippen LogP contribution in [0.2, 0.25) is 0 Å². The summed E-state index contributed by atoms with van der Waals surface area (Å²) in [5, 5.41) is 18.0. The van der Waals surface area contributed by atoms with E-state index in [4.69, 9.17) is 31.7 Å². The molecule has 0 bridgehead atoms. The van der Waals surface area contributed by atoms with Gasteiger partial charge in [-0.15, -0.1) is 10.7 Å². The van der Waals surface area contributed by atoms with E-state index in [-0.39, 0.29) is 20.4 Å². The minimum absolute atomic E-state index is 0. The van der Waals surface area contributed by atoms with Gasteiger partial charge in [-0.1, -0.05) is 0 Å². The zero-order valence-electron chi connectivity index (χ0n) is 5.41. The minimum atomic E-state index is 0. The van der Waals surface area contributed by atoms with Crippen molar-refractivity contribution in [2.45, 2.75) is 0 Å². The predicted octanol–water partition coefficient (Wildman–Crippen LogP) is -0.597. The molecular formula is C2H8N4O4Pd-2. The molecule has 0 unspecified atom stereocenters. The molecule has 0 radical (unpaired) electrons. The Kier molecular flexibility index (Phi) is 118. The van der Waals surface area contributed by atoms with Gasteiger partial charge < -0.3 is 31.7 Å². The third kappa shape index (κ3) is 3500. The van der Waals surface area contributed by atoms with Gasteiger partial charge in [-0.25, -0.2) is 0 Å². The summed E-state index contributed by atoms with van der Waals surface area (Å²) >= 11 is 0. The van der Waals surface area contributed by atoms with E-state index in [0.717, 1.165) is 10.7 Å². The zero-order valence-corrected chi connectivity index (χ0v) is 6.97. The van der Waals surface area contributed by atoms with E-state index in [1.54, 1.807) is 0 Å². The first-order valence-corrected chi connectivity index (χ1v) is 2.05. The molecule has 11 heavy (non-hydrogen) atoms. The van der Waals surface area contributed by atoms with Crippen LogP contribution in [0.15, 0.2) is 10.7 Å². The van der Waals surface area contributed by atoms with Crippen LogP contribution in [0.5, 0.6) is 0 Å². The van der Waals surface area contributed by atoms with Crippen LogP contribution in [0.25, 0.3) is 0 Å². The van der Waals surface area contributed by atoms with E-state index in [0.29, 0.717) is 13.1 Å². The van der Waals surface area contributed by atoms with Crippen molar-refractivity contribution >= 4 is 0 Å². The Hall–Kier alpha value is -0.618. The summed E-state index contributed by atoms with van der Waals surface area (Å²) in [6, 6.07) is 0. The molecule has 0 spiro atoms. The molecule has 8 nitrogen and oxygen atoms in total. The van der Waals surface area contributed by atoms with Crippen LogP contribution in [-0.4, -0.2) is 13.1 Å². The molecule has 72 valence electrons. The molecular weight excluding hydrogens is 250 g/mol. The van der Waals surface area contributed by atoms with Crippen molar-refractivity contribution in [3.63, 3.8) is 0 Å². The maximum Gasteiger partial charge on any atom is 0.00461 e. The van der Waals surface area contributed by atoms with Crippen LogP contribution in [0, 0.1) is 20.2 Å². The maximum atomic E-state index is 8.00. The number of hydrogen-bond acceptors (Lipinski definition) is 8. The van der Waals surface area contributed by atoms with Gasteiger partial charge in [-0.2, -0.15) is 0 Å². The van der Waals surface area contributed by atoms with Crippen LogP contribution < -0.4 is 11.5 Å². The number of hydrogen-bond donors (Lipinski definition) is 2. The molecule has 0 amide bonds. The van der Waals surface area contributed by atoms with Gasteiger partial charge in [0.15, 0.2) is 0 Å². The third-order valence-corrected chi connectivity index (χ3v) is 0.167. The van der Waals surface area contributed by atoms with Crippen LogP contribution in [0.4, 0.5) is 0 Å². The summed E-state index contributed by atoms with van der Waals surface area (Å²) in [7, 11) is 0. The van der Waals surface area contributed by atoms with Crippen molar-refractivity contribution in [1.82, 2.24) is 0 Å². The second kappa shape index (κ2) is 57.6. The molecule has 0 aromatic heterocycles. The Morgan fingerprint density at radius 1 is 1.00 bits per heavy atom. The van der Waals surface area contributed by atoms with Gasteiger partial charge in [0, 0.05) is 33.5 Å². The third-order valence-electron chi connectivity index (χ3n) is 0.167. The second-order valence-corrected chi connectivity index (χ2v) is 0.726. The van der Waals surface area contributed by atoms with E-state index < -0.39 is 0 Å². The molecule has 4 N–H and O–H groups in total. The number of nitrogens with two attached hydrogens (primary N) is 2. The fourth-order valence-corrected chi connectivity index (χ4v) is 0. The second-order valence-electron chi connectivity index (χ2n) is 0.726. The largest absolute Gasteiger partial charge is 0.444 e. The molecule has 9 heteroatoms. The zero-order chi connectivity index (χ0) is 8.83. The average Bonchev–Trinajstić information content (AvgIpc) is 1.91. The van der Waals surface area contributed by atoms with Gasteiger partial charge in [0.1, 0.15) is 0 Å². The Labute approximate surface area is 76.5 Å². The molecule has 0 aliphatic rings. The quantitative estimate of drug-likeness (QED) is 0.363. The molecule has 0 rings (SSSR count). The summed E-state index contributed by atoms with van der Waals surface area (Å²) in [5.41, 5.74) is 9.81. The van der Waals surface area contributed by atoms with E-state index >= 15 is 0 Å². The fourth-order valence-electron chi connectivity index (χ4n) is 0. The van der Waals surface area contributed by atoms with Crippen molar-refractivity contribution in [3.8, 4) is 0 Å². The molecule has 0 fully saturated rings. The van der Waals surface area contributed by atoms with Crippen molar-refractivity contribution in [2.24, 2.45) is 22.1 Å². The monoisotopic (exact) mass is 258 g/mol. The summed E-state index contributed by atoms with van der Waals surface area (Å²) in [5.74, 6) is 0. The van der Waals surface area contributed by atoms with Gasteiger partial charge in [-0.3, -0.25) is 0 Å². The van der Waals surface area contributed by atoms with Crippen molar-refractivity contribution in [3.05, 3.63) is 20.2 Å². The smallest absolute Gasteiger partial charge is 0.00461 e. The predicted molar refractivity (Wildman–Crippen MR) is 36.4 cm³/mol. The Bertz CT molecular complexity index is 56.1. The van der Waals surface area contributed by atoms with Crippen LogP contribution >= 0.6 is 0 Å². The Morgan fingerprint density at radius 2 is 1.09 bits per heavy atom.